The van der Waals surface area contributed by atoms with Crippen molar-refractivity contribution in [1.82, 2.24) is 10.6 Å². The predicted octanol–water partition coefficient (Wildman–Crippen LogP) is 3.97. The second-order valence-corrected chi connectivity index (χ2v) is 8.39. The Bertz CT molecular complexity index is 663. The fraction of sp³-hybridized carbons (Fsp3) is 0.421. The Hall–Kier alpha value is -0.930. The summed E-state index contributed by atoms with van der Waals surface area (Å²) < 4.78 is 12.2. The maximum Gasteiger partial charge on any atom is 0.191 e. The van der Waals surface area contributed by atoms with E-state index in [1.807, 2.05) is 37.3 Å². The molecular weight excluding hydrogens is 477 g/mol. The Morgan fingerprint density at radius 3 is 2.62 bits per heavy atom. The number of guanidine groups is 1. The Morgan fingerprint density at radius 2 is 1.96 bits per heavy atom. The third-order valence-corrected chi connectivity index (χ3v) is 6.11. The van der Waals surface area contributed by atoms with Gasteiger partial charge in [-0.1, -0.05) is 43.3 Å². The van der Waals surface area contributed by atoms with Crippen molar-refractivity contribution < 1.29 is 4.21 Å². The minimum Gasteiger partial charge on any atom is -0.357 e. The first-order valence-electron chi connectivity index (χ1n) is 8.63. The topological polar surface area (TPSA) is 53.5 Å². The van der Waals surface area contributed by atoms with E-state index < -0.39 is 10.8 Å². The van der Waals surface area contributed by atoms with E-state index in [4.69, 9.17) is 0 Å². The van der Waals surface area contributed by atoms with Crippen LogP contribution in [0.15, 0.2) is 52.8 Å². The molecule has 0 spiro atoms. The molecule has 0 aliphatic rings. The van der Waals surface area contributed by atoms with Gasteiger partial charge in [-0.05, 0) is 23.9 Å². The standard InChI is InChI=1S/C19H27N3OS2.HI/c1-3-20-19(22-14-16(2)18-10-7-12-24-18)21-11-13-25(23)15-17-8-5-4-6-9-17;/h4-10,12,16H,3,11,13-15H2,1-2H3,(H2,20,21,22);1H. The molecular formula is C19H28IN3OS2. The average Bonchev–Trinajstić information content (AvgIpc) is 3.15. The van der Waals surface area contributed by atoms with Crippen molar-refractivity contribution in [3.8, 4) is 0 Å². The van der Waals surface area contributed by atoms with E-state index in [1.54, 1.807) is 11.3 Å². The summed E-state index contributed by atoms with van der Waals surface area (Å²) in [7, 11) is -0.872. The molecule has 26 heavy (non-hydrogen) atoms. The maximum atomic E-state index is 12.2. The number of nitrogens with one attached hydrogen (secondary N) is 2. The van der Waals surface area contributed by atoms with Crippen LogP contribution in [0.2, 0.25) is 0 Å². The number of aliphatic imine (C=N–C) groups is 1. The van der Waals surface area contributed by atoms with E-state index >= 15 is 0 Å². The molecule has 7 heteroatoms. The zero-order chi connectivity index (χ0) is 17.9. The van der Waals surface area contributed by atoms with Crippen molar-refractivity contribution in [1.29, 1.82) is 0 Å². The van der Waals surface area contributed by atoms with E-state index in [0.29, 0.717) is 24.0 Å². The van der Waals surface area contributed by atoms with E-state index in [1.165, 1.54) is 4.88 Å². The van der Waals surface area contributed by atoms with Crippen molar-refractivity contribution in [2.75, 3.05) is 25.4 Å². The first kappa shape index (κ1) is 23.1. The normalized spacial score (nSPS) is 13.5. The van der Waals surface area contributed by atoms with Gasteiger partial charge in [0.1, 0.15) is 0 Å². The van der Waals surface area contributed by atoms with Gasteiger partial charge in [0, 0.05) is 46.2 Å². The monoisotopic (exact) mass is 505 g/mol. The third-order valence-electron chi connectivity index (χ3n) is 3.69. The zero-order valence-corrected chi connectivity index (χ0v) is 19.3. The van der Waals surface area contributed by atoms with Gasteiger partial charge in [0.15, 0.2) is 5.96 Å². The molecule has 2 N–H and O–H groups in total. The molecule has 0 aliphatic heterocycles. The molecule has 1 aromatic carbocycles. The third kappa shape index (κ3) is 8.64. The van der Waals surface area contributed by atoms with Crippen LogP contribution in [0.25, 0.3) is 0 Å². The van der Waals surface area contributed by atoms with Gasteiger partial charge in [-0.3, -0.25) is 9.20 Å². The summed E-state index contributed by atoms with van der Waals surface area (Å²) in [5.41, 5.74) is 1.12. The Labute approximate surface area is 180 Å². The van der Waals surface area contributed by atoms with Crippen LogP contribution in [-0.2, 0) is 16.6 Å². The number of benzene rings is 1. The fourth-order valence-electron chi connectivity index (χ4n) is 2.35. The molecule has 0 bridgehead atoms. The first-order chi connectivity index (χ1) is 12.2. The summed E-state index contributed by atoms with van der Waals surface area (Å²) in [4.78, 5) is 6.00. The summed E-state index contributed by atoms with van der Waals surface area (Å²) in [5, 5.41) is 8.64. The maximum absolute atomic E-state index is 12.2. The zero-order valence-electron chi connectivity index (χ0n) is 15.3. The molecule has 2 unspecified atom stereocenters. The quantitative estimate of drug-likeness (QED) is 0.308. The van der Waals surface area contributed by atoms with Crippen LogP contribution >= 0.6 is 35.3 Å². The summed E-state index contributed by atoms with van der Waals surface area (Å²) in [5.74, 6) is 2.41. The minimum atomic E-state index is -0.872. The Balaban J connectivity index is 0.00000338. The second-order valence-electron chi connectivity index (χ2n) is 5.84. The van der Waals surface area contributed by atoms with E-state index in [9.17, 15) is 4.21 Å². The van der Waals surface area contributed by atoms with Gasteiger partial charge < -0.3 is 10.6 Å². The number of nitrogens with zero attached hydrogens (tertiary/aromatic N) is 1. The number of hydrogen-bond donors (Lipinski definition) is 2. The highest BCUT2D eigenvalue weighted by atomic mass is 127. The fourth-order valence-corrected chi connectivity index (χ4v) is 4.16. The van der Waals surface area contributed by atoms with Gasteiger partial charge in [-0.15, -0.1) is 35.3 Å². The summed E-state index contributed by atoms with van der Waals surface area (Å²) >= 11 is 1.77. The van der Waals surface area contributed by atoms with E-state index in [2.05, 4.69) is 40.1 Å². The largest absolute Gasteiger partial charge is 0.357 e. The lowest BCUT2D eigenvalue weighted by atomic mass is 10.1. The van der Waals surface area contributed by atoms with Crippen LogP contribution in [0.3, 0.4) is 0 Å². The smallest absolute Gasteiger partial charge is 0.191 e. The van der Waals surface area contributed by atoms with Crippen LogP contribution in [0.1, 0.15) is 30.2 Å². The molecule has 0 saturated carbocycles. The summed E-state index contributed by atoms with van der Waals surface area (Å²) in [6, 6.07) is 14.2. The minimum absolute atomic E-state index is 0. The molecule has 4 nitrogen and oxygen atoms in total. The van der Waals surface area contributed by atoms with Gasteiger partial charge in [0.2, 0.25) is 0 Å². The SMILES string of the molecule is CCNC(=NCC(C)c1cccs1)NCCS(=O)Cc1ccccc1.I. The van der Waals surface area contributed by atoms with E-state index in [-0.39, 0.29) is 24.0 Å². The van der Waals surface area contributed by atoms with Crippen LogP contribution in [0.4, 0.5) is 0 Å². The highest BCUT2D eigenvalue weighted by Crippen LogP contribution is 2.20. The van der Waals surface area contributed by atoms with Crippen molar-refractivity contribution in [2.45, 2.75) is 25.5 Å². The molecule has 0 amide bonds. The number of hydrogen-bond acceptors (Lipinski definition) is 3. The molecule has 1 aromatic heterocycles. The molecule has 2 rings (SSSR count). The molecule has 0 saturated heterocycles. The average molecular weight is 505 g/mol. The Morgan fingerprint density at radius 1 is 1.19 bits per heavy atom. The van der Waals surface area contributed by atoms with Crippen LogP contribution < -0.4 is 10.6 Å². The van der Waals surface area contributed by atoms with Crippen molar-refractivity contribution in [3.05, 3.63) is 58.3 Å². The highest BCUT2D eigenvalue weighted by molar-refractivity contribution is 14.0. The van der Waals surface area contributed by atoms with Gasteiger partial charge in [0.05, 0.1) is 6.54 Å². The number of rotatable bonds is 9. The van der Waals surface area contributed by atoms with Crippen LogP contribution in [0, 0.1) is 0 Å². The van der Waals surface area contributed by atoms with Gasteiger partial charge in [-0.25, -0.2) is 0 Å². The van der Waals surface area contributed by atoms with E-state index in [0.717, 1.165) is 24.6 Å². The molecule has 2 atom stereocenters. The number of halogens is 1. The van der Waals surface area contributed by atoms with Gasteiger partial charge in [0.25, 0.3) is 0 Å². The molecule has 1 heterocycles. The lowest BCUT2D eigenvalue weighted by molar-refractivity contribution is 0.680. The van der Waals surface area contributed by atoms with Crippen LogP contribution in [0.5, 0.6) is 0 Å². The summed E-state index contributed by atoms with van der Waals surface area (Å²) in [6.45, 7) is 6.44. The molecule has 0 aliphatic carbocycles. The molecule has 144 valence electrons. The highest BCUT2D eigenvalue weighted by Gasteiger charge is 2.07. The molecule has 0 fully saturated rings. The first-order valence-corrected chi connectivity index (χ1v) is 11.0. The van der Waals surface area contributed by atoms with Gasteiger partial charge in [-0.2, -0.15) is 0 Å². The number of thiophene rings is 1. The lowest BCUT2D eigenvalue weighted by Gasteiger charge is -2.13. The summed E-state index contributed by atoms with van der Waals surface area (Å²) in [6.07, 6.45) is 0. The van der Waals surface area contributed by atoms with Crippen molar-refractivity contribution >= 4 is 52.1 Å². The van der Waals surface area contributed by atoms with Crippen LogP contribution in [-0.4, -0.2) is 35.6 Å². The van der Waals surface area contributed by atoms with Gasteiger partial charge >= 0.3 is 0 Å². The molecule has 2 aromatic rings. The van der Waals surface area contributed by atoms with Crippen molar-refractivity contribution in [3.63, 3.8) is 0 Å². The Kier molecular flexibility index (Phi) is 11.8. The second kappa shape index (κ2) is 13.3. The molecule has 0 radical (unpaired) electrons. The van der Waals surface area contributed by atoms with Crippen molar-refractivity contribution in [2.24, 2.45) is 4.99 Å². The predicted molar refractivity (Wildman–Crippen MR) is 125 cm³/mol. The lowest BCUT2D eigenvalue weighted by Crippen LogP contribution is -2.39.